The molecular weight excluding hydrogens is 331 g/mol. The van der Waals surface area contributed by atoms with Crippen molar-refractivity contribution in [3.05, 3.63) is 39.0 Å². The van der Waals surface area contributed by atoms with Crippen molar-refractivity contribution in [2.45, 2.75) is 20.8 Å². The molecule has 2 rings (SSSR count). The van der Waals surface area contributed by atoms with Crippen LogP contribution in [0.1, 0.15) is 28.5 Å². The van der Waals surface area contributed by atoms with Crippen molar-refractivity contribution in [1.29, 1.82) is 0 Å². The van der Waals surface area contributed by atoms with Crippen molar-refractivity contribution in [2.24, 2.45) is 0 Å². The van der Waals surface area contributed by atoms with E-state index in [0.717, 1.165) is 5.56 Å². The molecule has 0 saturated heterocycles. The number of rotatable bonds is 4. The zero-order valence-electron chi connectivity index (χ0n) is 11.8. The number of benzene rings is 1. The summed E-state index contributed by atoms with van der Waals surface area (Å²) in [7, 11) is 0. The van der Waals surface area contributed by atoms with Crippen LogP contribution in [0.25, 0.3) is 0 Å². The Morgan fingerprint density at radius 3 is 2.76 bits per heavy atom. The van der Waals surface area contributed by atoms with E-state index in [2.05, 4.69) is 9.69 Å². The van der Waals surface area contributed by atoms with Crippen molar-refractivity contribution in [3.8, 4) is 0 Å². The van der Waals surface area contributed by atoms with E-state index >= 15 is 0 Å². The van der Waals surface area contributed by atoms with Gasteiger partial charge in [0.15, 0.2) is 0 Å². The Kier molecular flexibility index (Phi) is 5.08. The van der Waals surface area contributed by atoms with E-state index in [-0.39, 0.29) is 0 Å². The van der Waals surface area contributed by atoms with Crippen molar-refractivity contribution < 1.29 is 9.53 Å². The lowest BCUT2D eigenvalue weighted by Crippen LogP contribution is -2.07. The molecular formula is C14H14Cl2N2O2S. The molecule has 7 heteroatoms. The zero-order valence-corrected chi connectivity index (χ0v) is 14.1. The van der Waals surface area contributed by atoms with Crippen LogP contribution in [-0.2, 0) is 4.74 Å². The van der Waals surface area contributed by atoms with Gasteiger partial charge in [0, 0.05) is 0 Å². The molecule has 0 fully saturated rings. The maximum absolute atomic E-state index is 12.0. The smallest absolute Gasteiger partial charge is 0.343 e. The Morgan fingerprint density at radius 1 is 1.38 bits per heavy atom. The molecule has 0 unspecified atom stereocenters. The van der Waals surface area contributed by atoms with Crippen LogP contribution in [0.5, 0.6) is 0 Å². The van der Waals surface area contributed by atoms with Crippen LogP contribution in [0.15, 0.2) is 12.1 Å². The lowest BCUT2D eigenvalue weighted by atomic mass is 10.2. The predicted octanol–water partition coefficient (Wildman–Crippen LogP) is 4.99. The Morgan fingerprint density at radius 2 is 2.10 bits per heavy atom. The fourth-order valence-corrected chi connectivity index (χ4v) is 3.04. The first-order chi connectivity index (χ1) is 9.95. The van der Waals surface area contributed by atoms with Crippen LogP contribution in [0.3, 0.4) is 0 Å². The van der Waals surface area contributed by atoms with Gasteiger partial charge < -0.3 is 10.1 Å². The number of halogens is 2. The highest BCUT2D eigenvalue weighted by Crippen LogP contribution is 2.37. The number of ether oxygens (including phenoxy) is 1. The summed E-state index contributed by atoms with van der Waals surface area (Å²) in [5.41, 5.74) is 2.48. The standard InChI is InChI=1S/C14H14Cl2N2O2S/c1-4-20-14(19)10-8(3)18-21-13(10)17-12-9(15)6-5-7(2)11(12)16/h5-6,17H,4H2,1-3H3. The van der Waals surface area contributed by atoms with E-state index in [1.165, 1.54) is 11.5 Å². The summed E-state index contributed by atoms with van der Waals surface area (Å²) in [5.74, 6) is -0.411. The predicted molar refractivity (Wildman–Crippen MR) is 87.3 cm³/mol. The van der Waals surface area contributed by atoms with Gasteiger partial charge in [-0.15, -0.1) is 0 Å². The number of nitrogens with one attached hydrogen (secondary N) is 1. The number of esters is 1. The third kappa shape index (κ3) is 3.31. The average Bonchev–Trinajstić information content (AvgIpc) is 2.80. The molecule has 1 heterocycles. The van der Waals surface area contributed by atoms with Crippen LogP contribution in [0, 0.1) is 13.8 Å². The topological polar surface area (TPSA) is 51.2 Å². The van der Waals surface area contributed by atoms with E-state index in [4.69, 9.17) is 27.9 Å². The third-order valence-corrected chi connectivity index (χ3v) is 4.52. The average molecular weight is 345 g/mol. The molecule has 1 aromatic heterocycles. The second kappa shape index (κ2) is 6.64. The molecule has 1 aromatic carbocycles. The van der Waals surface area contributed by atoms with Crippen molar-refractivity contribution >= 4 is 51.4 Å². The van der Waals surface area contributed by atoms with Crippen LogP contribution in [-0.4, -0.2) is 16.9 Å². The molecule has 0 bridgehead atoms. The molecule has 4 nitrogen and oxygen atoms in total. The first-order valence-electron chi connectivity index (χ1n) is 6.30. The highest BCUT2D eigenvalue weighted by molar-refractivity contribution is 7.10. The van der Waals surface area contributed by atoms with Crippen LogP contribution in [0.2, 0.25) is 10.0 Å². The second-order valence-electron chi connectivity index (χ2n) is 4.37. The molecule has 0 aliphatic carbocycles. The number of carbonyl (C=O) groups excluding carboxylic acids is 1. The Labute approximate surface area is 137 Å². The van der Waals surface area contributed by atoms with Gasteiger partial charge in [-0.2, -0.15) is 4.37 Å². The highest BCUT2D eigenvalue weighted by atomic mass is 35.5. The van der Waals surface area contributed by atoms with E-state index in [9.17, 15) is 4.79 Å². The number of hydrogen-bond donors (Lipinski definition) is 1. The minimum absolute atomic E-state index is 0.305. The lowest BCUT2D eigenvalue weighted by Gasteiger charge is -2.12. The largest absolute Gasteiger partial charge is 0.462 e. The van der Waals surface area contributed by atoms with E-state index in [0.29, 0.717) is 38.6 Å². The Bertz CT molecular complexity index is 686. The van der Waals surface area contributed by atoms with Gasteiger partial charge in [0.2, 0.25) is 0 Å². The fourth-order valence-electron chi connectivity index (χ4n) is 1.78. The first kappa shape index (κ1) is 16.1. The Balaban J connectivity index is 2.42. The van der Waals surface area contributed by atoms with Gasteiger partial charge in [0.25, 0.3) is 0 Å². The molecule has 112 valence electrons. The summed E-state index contributed by atoms with van der Waals surface area (Å²) in [6.45, 7) is 5.70. The van der Waals surface area contributed by atoms with Crippen LogP contribution < -0.4 is 5.32 Å². The first-order valence-corrected chi connectivity index (χ1v) is 7.83. The Hall–Kier alpha value is -1.30. The number of anilines is 2. The van der Waals surface area contributed by atoms with Crippen molar-refractivity contribution in [3.63, 3.8) is 0 Å². The van der Waals surface area contributed by atoms with Gasteiger partial charge in [0.1, 0.15) is 10.6 Å². The molecule has 0 aliphatic rings. The zero-order chi connectivity index (χ0) is 15.6. The molecule has 0 aliphatic heterocycles. The van der Waals surface area contributed by atoms with Gasteiger partial charge >= 0.3 is 5.97 Å². The molecule has 0 atom stereocenters. The third-order valence-electron chi connectivity index (χ3n) is 2.87. The van der Waals surface area contributed by atoms with Crippen LogP contribution >= 0.6 is 34.7 Å². The van der Waals surface area contributed by atoms with Gasteiger partial charge in [0.05, 0.1) is 28.0 Å². The normalized spacial score (nSPS) is 10.5. The van der Waals surface area contributed by atoms with Crippen molar-refractivity contribution in [2.75, 3.05) is 11.9 Å². The maximum Gasteiger partial charge on any atom is 0.343 e. The minimum atomic E-state index is -0.411. The summed E-state index contributed by atoms with van der Waals surface area (Å²) in [4.78, 5) is 12.0. The molecule has 0 amide bonds. The maximum atomic E-state index is 12.0. The monoisotopic (exact) mass is 344 g/mol. The van der Waals surface area contributed by atoms with E-state index < -0.39 is 5.97 Å². The molecule has 0 saturated carbocycles. The van der Waals surface area contributed by atoms with Gasteiger partial charge in [-0.1, -0.05) is 29.3 Å². The number of aryl methyl sites for hydroxylation is 2. The van der Waals surface area contributed by atoms with Crippen LogP contribution in [0.4, 0.5) is 10.7 Å². The number of carbonyl (C=O) groups is 1. The fraction of sp³-hybridized carbons (Fsp3) is 0.286. The van der Waals surface area contributed by atoms with Gasteiger partial charge in [-0.25, -0.2) is 4.79 Å². The summed E-state index contributed by atoms with van der Waals surface area (Å²) in [6.07, 6.45) is 0. The number of hydrogen-bond acceptors (Lipinski definition) is 5. The molecule has 21 heavy (non-hydrogen) atoms. The summed E-state index contributed by atoms with van der Waals surface area (Å²) in [5, 5.41) is 4.67. The number of aromatic nitrogens is 1. The quantitative estimate of drug-likeness (QED) is 0.794. The van der Waals surface area contributed by atoms with Crippen molar-refractivity contribution in [1.82, 2.24) is 4.37 Å². The molecule has 1 N–H and O–H groups in total. The number of nitrogens with zero attached hydrogens (tertiary/aromatic N) is 1. The summed E-state index contributed by atoms with van der Waals surface area (Å²) < 4.78 is 9.24. The molecule has 0 spiro atoms. The molecule has 0 radical (unpaired) electrons. The van der Waals surface area contributed by atoms with Gasteiger partial charge in [-0.05, 0) is 43.9 Å². The summed E-state index contributed by atoms with van der Waals surface area (Å²) >= 11 is 13.6. The summed E-state index contributed by atoms with van der Waals surface area (Å²) in [6, 6.07) is 3.59. The minimum Gasteiger partial charge on any atom is -0.462 e. The van der Waals surface area contributed by atoms with Gasteiger partial charge in [-0.3, -0.25) is 0 Å². The second-order valence-corrected chi connectivity index (χ2v) is 5.93. The molecule has 2 aromatic rings. The van der Waals surface area contributed by atoms with E-state index in [1.54, 1.807) is 19.9 Å². The lowest BCUT2D eigenvalue weighted by molar-refractivity contribution is 0.0527. The SMILES string of the molecule is CCOC(=O)c1c(C)nsc1Nc1c(Cl)ccc(C)c1Cl. The van der Waals surface area contributed by atoms with E-state index in [1.807, 2.05) is 13.0 Å². The highest BCUT2D eigenvalue weighted by Gasteiger charge is 2.21.